The number of nitrogens with two attached hydrogens (primary N) is 1. The first-order chi connectivity index (χ1) is 7.49. The highest BCUT2D eigenvalue weighted by Crippen LogP contribution is 2.32. The second kappa shape index (κ2) is 3.95. The number of rotatable bonds is 3. The number of fused-ring (bicyclic) bond motifs is 1. The fraction of sp³-hybridized carbons (Fsp3) is 0.429. The summed E-state index contributed by atoms with van der Waals surface area (Å²) in [4.78, 5) is 0. The van der Waals surface area contributed by atoms with Gasteiger partial charge >= 0.3 is 0 Å². The van der Waals surface area contributed by atoms with Gasteiger partial charge in [0.2, 0.25) is 0 Å². The van der Waals surface area contributed by atoms with Crippen LogP contribution in [0, 0.1) is 0 Å². The molecule has 0 bridgehead atoms. The van der Waals surface area contributed by atoms with Gasteiger partial charge in [-0.3, -0.25) is 0 Å². The SMILES string of the molecule is CC(N)CC(C)(C)c1cc2ccccc2o1. The molecule has 0 aliphatic heterocycles. The zero-order valence-electron chi connectivity index (χ0n) is 10.2. The van der Waals surface area contributed by atoms with Gasteiger partial charge in [-0.1, -0.05) is 32.0 Å². The van der Waals surface area contributed by atoms with Crippen LogP contribution in [0.1, 0.15) is 33.0 Å². The molecule has 16 heavy (non-hydrogen) atoms. The Hall–Kier alpha value is -1.28. The lowest BCUT2D eigenvalue weighted by Crippen LogP contribution is -2.27. The Morgan fingerprint density at radius 3 is 2.62 bits per heavy atom. The van der Waals surface area contributed by atoms with E-state index in [2.05, 4.69) is 26.0 Å². The van der Waals surface area contributed by atoms with Crippen molar-refractivity contribution in [2.45, 2.75) is 38.6 Å². The van der Waals surface area contributed by atoms with Gasteiger partial charge in [-0.2, -0.15) is 0 Å². The molecule has 0 radical (unpaired) electrons. The lowest BCUT2D eigenvalue weighted by molar-refractivity contribution is 0.358. The minimum atomic E-state index is -0.00676. The van der Waals surface area contributed by atoms with E-state index in [1.807, 2.05) is 25.1 Å². The van der Waals surface area contributed by atoms with Crippen molar-refractivity contribution < 1.29 is 4.42 Å². The summed E-state index contributed by atoms with van der Waals surface area (Å²) in [5, 5.41) is 1.16. The van der Waals surface area contributed by atoms with Crippen LogP contribution in [0.3, 0.4) is 0 Å². The van der Waals surface area contributed by atoms with E-state index in [0.717, 1.165) is 23.2 Å². The quantitative estimate of drug-likeness (QED) is 0.855. The van der Waals surface area contributed by atoms with E-state index in [0.29, 0.717) is 0 Å². The molecule has 2 rings (SSSR count). The Morgan fingerprint density at radius 2 is 2.00 bits per heavy atom. The lowest BCUT2D eigenvalue weighted by atomic mass is 9.84. The minimum Gasteiger partial charge on any atom is -0.461 e. The van der Waals surface area contributed by atoms with Gasteiger partial charge in [0.25, 0.3) is 0 Å². The van der Waals surface area contributed by atoms with Crippen molar-refractivity contribution in [3.05, 3.63) is 36.1 Å². The second-order valence-electron chi connectivity index (χ2n) is 5.21. The van der Waals surface area contributed by atoms with E-state index in [9.17, 15) is 0 Å². The van der Waals surface area contributed by atoms with E-state index >= 15 is 0 Å². The van der Waals surface area contributed by atoms with Crippen LogP contribution in [0.4, 0.5) is 0 Å². The average Bonchev–Trinajstić information content (AvgIpc) is 2.59. The molecule has 1 aromatic carbocycles. The maximum atomic E-state index is 5.88. The van der Waals surface area contributed by atoms with Gasteiger partial charge in [0.15, 0.2) is 0 Å². The van der Waals surface area contributed by atoms with Gasteiger partial charge in [-0.05, 0) is 25.5 Å². The molecule has 0 aliphatic carbocycles. The lowest BCUT2D eigenvalue weighted by Gasteiger charge is -2.23. The number of benzene rings is 1. The largest absolute Gasteiger partial charge is 0.461 e. The summed E-state index contributed by atoms with van der Waals surface area (Å²) >= 11 is 0. The van der Waals surface area contributed by atoms with Crippen molar-refractivity contribution in [2.24, 2.45) is 5.73 Å². The van der Waals surface area contributed by atoms with Gasteiger partial charge in [0, 0.05) is 16.8 Å². The topological polar surface area (TPSA) is 39.2 Å². The predicted molar refractivity (Wildman–Crippen MR) is 67.5 cm³/mol. The molecule has 0 saturated heterocycles. The zero-order chi connectivity index (χ0) is 11.8. The van der Waals surface area contributed by atoms with Crippen molar-refractivity contribution in [2.75, 3.05) is 0 Å². The molecule has 0 amide bonds. The molecule has 1 heterocycles. The Kier molecular flexibility index (Phi) is 2.76. The molecule has 2 aromatic rings. The maximum Gasteiger partial charge on any atom is 0.134 e. The Labute approximate surface area is 96.4 Å². The molecular weight excluding hydrogens is 198 g/mol. The first-order valence-corrected chi connectivity index (χ1v) is 5.74. The Morgan fingerprint density at radius 1 is 1.31 bits per heavy atom. The number of hydrogen-bond donors (Lipinski definition) is 1. The van der Waals surface area contributed by atoms with Crippen LogP contribution < -0.4 is 5.73 Å². The van der Waals surface area contributed by atoms with Crippen LogP contribution in [0.25, 0.3) is 11.0 Å². The molecule has 1 unspecified atom stereocenters. The molecule has 0 aliphatic rings. The summed E-state index contributed by atoms with van der Waals surface area (Å²) in [6, 6.07) is 10.4. The van der Waals surface area contributed by atoms with Gasteiger partial charge in [0.05, 0.1) is 0 Å². The number of para-hydroxylation sites is 1. The maximum absolute atomic E-state index is 5.88. The van der Waals surface area contributed by atoms with Crippen LogP contribution in [0.5, 0.6) is 0 Å². The second-order valence-corrected chi connectivity index (χ2v) is 5.21. The molecule has 1 atom stereocenters. The van der Waals surface area contributed by atoms with Crippen molar-refractivity contribution >= 4 is 11.0 Å². The fourth-order valence-electron chi connectivity index (χ4n) is 2.22. The van der Waals surface area contributed by atoms with Crippen molar-refractivity contribution in [1.82, 2.24) is 0 Å². The van der Waals surface area contributed by atoms with E-state index in [1.165, 1.54) is 0 Å². The highest BCUT2D eigenvalue weighted by molar-refractivity contribution is 5.77. The molecule has 2 nitrogen and oxygen atoms in total. The van der Waals surface area contributed by atoms with Crippen LogP contribution in [-0.4, -0.2) is 6.04 Å². The smallest absolute Gasteiger partial charge is 0.134 e. The fourth-order valence-corrected chi connectivity index (χ4v) is 2.22. The third kappa shape index (κ3) is 2.12. The third-order valence-electron chi connectivity index (χ3n) is 2.92. The standard InChI is InChI=1S/C14H19NO/c1-10(15)9-14(2,3)13-8-11-6-4-5-7-12(11)16-13/h4-8,10H,9,15H2,1-3H3. The zero-order valence-corrected chi connectivity index (χ0v) is 10.2. The molecule has 86 valence electrons. The number of hydrogen-bond acceptors (Lipinski definition) is 2. The summed E-state index contributed by atoms with van der Waals surface area (Å²) in [7, 11) is 0. The van der Waals surface area contributed by atoms with Crippen LogP contribution in [0.15, 0.2) is 34.7 Å². The molecule has 1 aromatic heterocycles. The Balaban J connectivity index is 2.39. The molecule has 2 N–H and O–H groups in total. The molecule has 0 saturated carbocycles. The normalized spacial score (nSPS) is 14.2. The first-order valence-electron chi connectivity index (χ1n) is 5.74. The van der Waals surface area contributed by atoms with Crippen molar-refractivity contribution in [1.29, 1.82) is 0 Å². The monoisotopic (exact) mass is 217 g/mol. The van der Waals surface area contributed by atoms with Crippen LogP contribution in [-0.2, 0) is 5.41 Å². The molecule has 0 fully saturated rings. The molecule has 0 spiro atoms. The first kappa shape index (κ1) is 11.2. The number of furan rings is 1. The molecule has 2 heteroatoms. The summed E-state index contributed by atoms with van der Waals surface area (Å²) in [6.07, 6.45) is 0.923. The van der Waals surface area contributed by atoms with Gasteiger partial charge in [-0.15, -0.1) is 0 Å². The molecular formula is C14H19NO. The summed E-state index contributed by atoms with van der Waals surface area (Å²) in [5.74, 6) is 1.02. The van der Waals surface area contributed by atoms with E-state index in [1.54, 1.807) is 0 Å². The summed E-state index contributed by atoms with van der Waals surface area (Å²) in [5.41, 5.74) is 6.82. The highest BCUT2D eigenvalue weighted by atomic mass is 16.3. The summed E-state index contributed by atoms with van der Waals surface area (Å²) in [6.45, 7) is 6.38. The van der Waals surface area contributed by atoms with E-state index in [-0.39, 0.29) is 11.5 Å². The highest BCUT2D eigenvalue weighted by Gasteiger charge is 2.26. The van der Waals surface area contributed by atoms with Crippen LogP contribution >= 0.6 is 0 Å². The van der Waals surface area contributed by atoms with E-state index < -0.39 is 0 Å². The van der Waals surface area contributed by atoms with Gasteiger partial charge in [-0.25, -0.2) is 0 Å². The third-order valence-corrected chi connectivity index (χ3v) is 2.92. The van der Waals surface area contributed by atoms with Crippen molar-refractivity contribution in [3.8, 4) is 0 Å². The summed E-state index contributed by atoms with van der Waals surface area (Å²) < 4.78 is 5.88. The average molecular weight is 217 g/mol. The van der Waals surface area contributed by atoms with Crippen LogP contribution in [0.2, 0.25) is 0 Å². The van der Waals surface area contributed by atoms with Crippen molar-refractivity contribution in [3.63, 3.8) is 0 Å². The van der Waals surface area contributed by atoms with Gasteiger partial charge < -0.3 is 10.2 Å². The van der Waals surface area contributed by atoms with Gasteiger partial charge in [0.1, 0.15) is 11.3 Å². The Bertz CT molecular complexity index is 449. The minimum absolute atomic E-state index is 0.00676. The predicted octanol–water partition coefficient (Wildman–Crippen LogP) is 3.45. The van der Waals surface area contributed by atoms with E-state index in [4.69, 9.17) is 10.2 Å².